The van der Waals surface area contributed by atoms with Gasteiger partial charge in [0.15, 0.2) is 0 Å². The molecule has 0 atom stereocenters. The standard InChI is InChI=1S/C9H16N4O/c1-7(2)4-13-5-8(11-6-13)3-9(10)12-14/h5-7,14H,3-4H2,1-2H3,(H2,10,12). The second-order valence-electron chi connectivity index (χ2n) is 3.72. The number of imidazole rings is 1. The van der Waals surface area contributed by atoms with Gasteiger partial charge in [0.25, 0.3) is 0 Å². The summed E-state index contributed by atoms with van der Waals surface area (Å²) < 4.78 is 2.00. The van der Waals surface area contributed by atoms with Gasteiger partial charge in [-0.1, -0.05) is 19.0 Å². The summed E-state index contributed by atoms with van der Waals surface area (Å²) in [5.74, 6) is 0.765. The Hall–Kier alpha value is -1.52. The van der Waals surface area contributed by atoms with Crippen LogP contribution < -0.4 is 5.73 Å². The Kier molecular flexibility index (Phi) is 3.50. The maximum Gasteiger partial charge on any atom is 0.145 e. The summed E-state index contributed by atoms with van der Waals surface area (Å²) in [5, 5.41) is 11.3. The molecule has 0 fully saturated rings. The van der Waals surface area contributed by atoms with Crippen molar-refractivity contribution in [2.24, 2.45) is 16.8 Å². The van der Waals surface area contributed by atoms with Gasteiger partial charge in [0, 0.05) is 12.7 Å². The molecule has 0 spiro atoms. The predicted octanol–water partition coefficient (Wildman–Crippen LogP) is 0.828. The van der Waals surface area contributed by atoms with Crippen LogP contribution in [0, 0.1) is 5.92 Å². The zero-order valence-electron chi connectivity index (χ0n) is 8.51. The molecule has 5 heteroatoms. The van der Waals surface area contributed by atoms with Crippen molar-refractivity contribution in [3.8, 4) is 0 Å². The van der Waals surface area contributed by atoms with E-state index in [9.17, 15) is 0 Å². The summed E-state index contributed by atoms with van der Waals surface area (Å²) >= 11 is 0. The van der Waals surface area contributed by atoms with Gasteiger partial charge in [-0.15, -0.1) is 0 Å². The summed E-state index contributed by atoms with van der Waals surface area (Å²) in [6, 6.07) is 0. The quantitative estimate of drug-likeness (QED) is 0.324. The molecule has 0 saturated carbocycles. The van der Waals surface area contributed by atoms with E-state index in [1.165, 1.54) is 0 Å². The first-order valence-corrected chi connectivity index (χ1v) is 4.59. The van der Waals surface area contributed by atoms with E-state index < -0.39 is 0 Å². The molecular formula is C9H16N4O. The van der Waals surface area contributed by atoms with Crippen LogP contribution in [-0.2, 0) is 13.0 Å². The number of aromatic nitrogens is 2. The van der Waals surface area contributed by atoms with E-state index in [2.05, 4.69) is 24.0 Å². The lowest BCUT2D eigenvalue weighted by atomic mass is 10.2. The van der Waals surface area contributed by atoms with Crippen molar-refractivity contribution in [3.05, 3.63) is 18.2 Å². The number of nitrogens with zero attached hydrogens (tertiary/aromatic N) is 3. The normalized spacial score (nSPS) is 12.4. The minimum atomic E-state index is 0.180. The summed E-state index contributed by atoms with van der Waals surface area (Å²) in [6.45, 7) is 5.22. The Morgan fingerprint density at radius 2 is 2.43 bits per heavy atom. The molecule has 14 heavy (non-hydrogen) atoms. The molecule has 0 aliphatic rings. The minimum absolute atomic E-state index is 0.180. The van der Waals surface area contributed by atoms with E-state index in [0.29, 0.717) is 12.3 Å². The number of hydrogen-bond acceptors (Lipinski definition) is 3. The first-order valence-electron chi connectivity index (χ1n) is 4.59. The first-order chi connectivity index (χ1) is 6.61. The predicted molar refractivity (Wildman–Crippen MR) is 54.2 cm³/mol. The van der Waals surface area contributed by atoms with Crippen LogP contribution in [0.3, 0.4) is 0 Å². The molecule has 0 amide bonds. The molecule has 0 radical (unpaired) electrons. The van der Waals surface area contributed by atoms with Crippen LogP contribution in [0.1, 0.15) is 19.5 Å². The van der Waals surface area contributed by atoms with Gasteiger partial charge in [-0.3, -0.25) is 0 Å². The van der Waals surface area contributed by atoms with Crippen molar-refractivity contribution >= 4 is 5.84 Å². The number of oxime groups is 1. The number of hydrogen-bond donors (Lipinski definition) is 2. The summed E-state index contributed by atoms with van der Waals surface area (Å²) in [4.78, 5) is 4.15. The van der Waals surface area contributed by atoms with Crippen molar-refractivity contribution in [2.75, 3.05) is 0 Å². The van der Waals surface area contributed by atoms with Gasteiger partial charge < -0.3 is 15.5 Å². The van der Waals surface area contributed by atoms with E-state index in [4.69, 9.17) is 10.9 Å². The topological polar surface area (TPSA) is 76.4 Å². The molecule has 0 aliphatic heterocycles. The maximum atomic E-state index is 8.38. The Morgan fingerprint density at radius 3 is 3.00 bits per heavy atom. The fraction of sp³-hybridized carbons (Fsp3) is 0.556. The lowest BCUT2D eigenvalue weighted by molar-refractivity contribution is 0.317. The fourth-order valence-electron chi connectivity index (χ4n) is 1.24. The minimum Gasteiger partial charge on any atom is -0.409 e. The van der Waals surface area contributed by atoms with Crippen LogP contribution in [0.2, 0.25) is 0 Å². The summed E-state index contributed by atoms with van der Waals surface area (Å²) in [7, 11) is 0. The highest BCUT2D eigenvalue weighted by molar-refractivity contribution is 5.81. The van der Waals surface area contributed by atoms with Gasteiger partial charge in [0.1, 0.15) is 5.84 Å². The lowest BCUT2D eigenvalue weighted by Crippen LogP contribution is -2.14. The monoisotopic (exact) mass is 196 g/mol. The van der Waals surface area contributed by atoms with Gasteiger partial charge in [0.05, 0.1) is 18.4 Å². The molecule has 0 saturated heterocycles. The Labute approximate surface area is 83.2 Å². The Morgan fingerprint density at radius 1 is 1.71 bits per heavy atom. The molecule has 1 rings (SSSR count). The highest BCUT2D eigenvalue weighted by Gasteiger charge is 2.02. The number of amidine groups is 1. The number of nitrogens with two attached hydrogens (primary N) is 1. The van der Waals surface area contributed by atoms with Crippen LogP contribution in [0.5, 0.6) is 0 Å². The van der Waals surface area contributed by atoms with E-state index in [0.717, 1.165) is 12.2 Å². The lowest BCUT2D eigenvalue weighted by Gasteiger charge is -2.03. The molecule has 5 nitrogen and oxygen atoms in total. The van der Waals surface area contributed by atoms with Gasteiger partial charge in [0.2, 0.25) is 0 Å². The molecule has 0 unspecified atom stereocenters. The second kappa shape index (κ2) is 4.64. The van der Waals surface area contributed by atoms with Crippen LogP contribution in [0.25, 0.3) is 0 Å². The molecular weight excluding hydrogens is 180 g/mol. The molecule has 0 aliphatic carbocycles. The fourth-order valence-corrected chi connectivity index (χ4v) is 1.24. The van der Waals surface area contributed by atoms with Crippen LogP contribution in [0.15, 0.2) is 17.7 Å². The zero-order chi connectivity index (χ0) is 10.6. The summed E-state index contributed by atoms with van der Waals surface area (Å²) in [6.07, 6.45) is 4.07. The molecule has 0 aromatic carbocycles. The van der Waals surface area contributed by atoms with Crippen molar-refractivity contribution < 1.29 is 5.21 Å². The largest absolute Gasteiger partial charge is 0.409 e. The molecule has 1 aromatic rings. The van der Waals surface area contributed by atoms with E-state index >= 15 is 0 Å². The average molecular weight is 196 g/mol. The van der Waals surface area contributed by atoms with Gasteiger partial charge in [-0.2, -0.15) is 0 Å². The smallest absolute Gasteiger partial charge is 0.145 e. The Balaban J connectivity index is 2.59. The molecule has 1 heterocycles. The van der Waals surface area contributed by atoms with E-state index in [1.807, 2.05) is 10.8 Å². The second-order valence-corrected chi connectivity index (χ2v) is 3.72. The molecule has 3 N–H and O–H groups in total. The average Bonchev–Trinajstić information content (AvgIpc) is 2.51. The molecule has 0 bridgehead atoms. The highest BCUT2D eigenvalue weighted by atomic mass is 16.4. The van der Waals surface area contributed by atoms with Crippen molar-refractivity contribution in [3.63, 3.8) is 0 Å². The van der Waals surface area contributed by atoms with E-state index in [-0.39, 0.29) is 5.84 Å². The third-order valence-electron chi connectivity index (χ3n) is 1.75. The third-order valence-corrected chi connectivity index (χ3v) is 1.75. The van der Waals surface area contributed by atoms with Crippen LogP contribution in [0.4, 0.5) is 0 Å². The Bertz CT molecular complexity index is 316. The van der Waals surface area contributed by atoms with Gasteiger partial charge >= 0.3 is 0 Å². The van der Waals surface area contributed by atoms with Gasteiger partial charge in [-0.25, -0.2) is 4.98 Å². The van der Waals surface area contributed by atoms with Crippen molar-refractivity contribution in [1.29, 1.82) is 0 Å². The van der Waals surface area contributed by atoms with Crippen molar-refractivity contribution in [1.82, 2.24) is 9.55 Å². The zero-order valence-corrected chi connectivity index (χ0v) is 8.51. The third kappa shape index (κ3) is 3.08. The van der Waals surface area contributed by atoms with Gasteiger partial charge in [-0.05, 0) is 5.92 Å². The maximum absolute atomic E-state index is 8.38. The SMILES string of the molecule is CC(C)Cn1cnc(C/C(N)=N/O)c1. The van der Waals surface area contributed by atoms with Crippen molar-refractivity contribution in [2.45, 2.75) is 26.8 Å². The summed E-state index contributed by atoms with van der Waals surface area (Å²) in [5.41, 5.74) is 6.19. The van der Waals surface area contributed by atoms with Crippen LogP contribution in [-0.4, -0.2) is 20.6 Å². The first kappa shape index (κ1) is 10.6. The molecule has 1 aromatic heterocycles. The highest BCUT2D eigenvalue weighted by Crippen LogP contribution is 2.02. The van der Waals surface area contributed by atoms with E-state index in [1.54, 1.807) is 6.33 Å². The van der Waals surface area contributed by atoms with Crippen LogP contribution >= 0.6 is 0 Å². The number of rotatable bonds is 4. The molecule has 78 valence electrons.